The Balaban J connectivity index is 2.05. The molecule has 118 valence electrons. The Morgan fingerprint density at radius 1 is 1.23 bits per heavy atom. The van der Waals surface area contributed by atoms with E-state index in [2.05, 4.69) is 17.4 Å². The van der Waals surface area contributed by atoms with Crippen molar-refractivity contribution in [3.05, 3.63) is 48.6 Å². The summed E-state index contributed by atoms with van der Waals surface area (Å²) in [6, 6.07) is 9.30. The largest absolute Gasteiger partial charge is 0.460 e. The molecule has 0 unspecified atom stereocenters. The van der Waals surface area contributed by atoms with Crippen molar-refractivity contribution < 1.29 is 19.1 Å². The van der Waals surface area contributed by atoms with Crippen LogP contribution in [-0.2, 0) is 25.7 Å². The molecule has 1 aliphatic heterocycles. The molecular formula is C16H20N2O4. The van der Waals surface area contributed by atoms with E-state index in [-0.39, 0.29) is 13.2 Å². The summed E-state index contributed by atoms with van der Waals surface area (Å²) in [4.78, 5) is 24.7. The summed E-state index contributed by atoms with van der Waals surface area (Å²) >= 11 is 0. The van der Waals surface area contributed by atoms with E-state index < -0.39 is 17.5 Å². The van der Waals surface area contributed by atoms with E-state index in [0.717, 1.165) is 5.56 Å². The minimum atomic E-state index is -1.50. The first kappa shape index (κ1) is 16.2. The maximum absolute atomic E-state index is 12.4. The number of hydrogen-bond donors (Lipinski definition) is 2. The lowest BCUT2D eigenvalue weighted by atomic mass is 9.92. The molecule has 1 fully saturated rings. The van der Waals surface area contributed by atoms with Crippen LogP contribution in [0.2, 0.25) is 0 Å². The molecule has 1 atom stereocenters. The van der Waals surface area contributed by atoms with Crippen molar-refractivity contribution >= 4 is 11.9 Å². The van der Waals surface area contributed by atoms with E-state index in [1.807, 2.05) is 30.3 Å². The zero-order valence-corrected chi connectivity index (χ0v) is 12.3. The summed E-state index contributed by atoms with van der Waals surface area (Å²) in [6.07, 6.45) is 2.44. The number of hydrogen-bond acceptors (Lipinski definition) is 6. The summed E-state index contributed by atoms with van der Waals surface area (Å²) in [5, 5.41) is 0. The lowest BCUT2D eigenvalue weighted by Gasteiger charge is -2.33. The predicted molar refractivity (Wildman–Crippen MR) is 80.5 cm³/mol. The Morgan fingerprint density at radius 3 is 2.59 bits per heavy atom. The fourth-order valence-electron chi connectivity index (χ4n) is 2.21. The molecule has 0 amide bonds. The first-order valence-corrected chi connectivity index (χ1v) is 7.18. The van der Waals surface area contributed by atoms with Crippen molar-refractivity contribution in [3.63, 3.8) is 0 Å². The van der Waals surface area contributed by atoms with Gasteiger partial charge in [0.05, 0.1) is 0 Å². The second kappa shape index (κ2) is 7.72. The van der Waals surface area contributed by atoms with Crippen LogP contribution in [0.4, 0.5) is 0 Å². The average molecular weight is 304 g/mol. The Bertz CT molecular complexity index is 524. The third-order valence-corrected chi connectivity index (χ3v) is 3.40. The number of carbonyl (C=O) groups is 2. The zero-order chi connectivity index (χ0) is 15.8. The van der Waals surface area contributed by atoms with Crippen LogP contribution >= 0.6 is 0 Å². The highest BCUT2D eigenvalue weighted by Gasteiger charge is 2.50. The highest BCUT2D eigenvalue weighted by molar-refractivity contribution is 6.05. The van der Waals surface area contributed by atoms with Gasteiger partial charge in [-0.1, -0.05) is 43.0 Å². The van der Waals surface area contributed by atoms with Gasteiger partial charge < -0.3 is 9.47 Å². The van der Waals surface area contributed by atoms with Crippen molar-refractivity contribution in [2.24, 2.45) is 0 Å². The third-order valence-electron chi connectivity index (χ3n) is 3.40. The number of carbonyl (C=O) groups excluding carboxylic acids is 2. The van der Waals surface area contributed by atoms with Crippen molar-refractivity contribution in [1.82, 2.24) is 10.9 Å². The van der Waals surface area contributed by atoms with Gasteiger partial charge >= 0.3 is 11.9 Å². The average Bonchev–Trinajstić information content (AvgIpc) is 2.59. The van der Waals surface area contributed by atoms with Crippen LogP contribution in [0.3, 0.4) is 0 Å². The molecule has 0 aliphatic carbocycles. The van der Waals surface area contributed by atoms with Crippen LogP contribution in [0.5, 0.6) is 0 Å². The summed E-state index contributed by atoms with van der Waals surface area (Å²) in [6.45, 7) is 4.32. The molecule has 1 aromatic carbocycles. The van der Waals surface area contributed by atoms with Gasteiger partial charge in [0.15, 0.2) is 0 Å². The van der Waals surface area contributed by atoms with Gasteiger partial charge in [-0.05, 0) is 18.4 Å². The number of rotatable bonds is 6. The molecule has 22 heavy (non-hydrogen) atoms. The van der Waals surface area contributed by atoms with Gasteiger partial charge in [0.2, 0.25) is 5.54 Å². The highest BCUT2D eigenvalue weighted by Crippen LogP contribution is 2.20. The molecule has 0 saturated carbocycles. The summed E-state index contributed by atoms with van der Waals surface area (Å²) in [5.74, 6) is -1.30. The topological polar surface area (TPSA) is 76.7 Å². The molecule has 1 heterocycles. The fourth-order valence-corrected chi connectivity index (χ4v) is 2.21. The number of esters is 2. The molecule has 2 rings (SSSR count). The van der Waals surface area contributed by atoms with E-state index in [0.29, 0.717) is 19.4 Å². The molecular weight excluding hydrogens is 284 g/mol. The molecule has 0 bridgehead atoms. The number of benzene rings is 1. The minimum Gasteiger partial charge on any atom is -0.460 e. The van der Waals surface area contributed by atoms with Gasteiger partial charge in [-0.3, -0.25) is 5.43 Å². The Kier molecular flexibility index (Phi) is 5.68. The van der Waals surface area contributed by atoms with Gasteiger partial charge in [0.1, 0.15) is 13.2 Å². The van der Waals surface area contributed by atoms with Gasteiger partial charge in [-0.2, -0.15) is 0 Å². The van der Waals surface area contributed by atoms with Crippen molar-refractivity contribution in [2.45, 2.75) is 25.0 Å². The molecule has 0 aromatic heterocycles. The quantitative estimate of drug-likeness (QED) is 0.465. The monoisotopic (exact) mass is 304 g/mol. The summed E-state index contributed by atoms with van der Waals surface area (Å²) in [5.41, 5.74) is 4.93. The number of nitrogens with one attached hydrogen (secondary N) is 2. The van der Waals surface area contributed by atoms with Crippen molar-refractivity contribution in [1.29, 1.82) is 0 Å². The summed E-state index contributed by atoms with van der Waals surface area (Å²) < 4.78 is 10.4. The second-order valence-electron chi connectivity index (χ2n) is 5.01. The van der Waals surface area contributed by atoms with Crippen LogP contribution in [-0.4, -0.2) is 30.6 Å². The van der Waals surface area contributed by atoms with E-state index in [1.54, 1.807) is 0 Å². The van der Waals surface area contributed by atoms with Crippen LogP contribution in [0.25, 0.3) is 0 Å². The molecule has 2 N–H and O–H groups in total. The van der Waals surface area contributed by atoms with Crippen LogP contribution in [0.15, 0.2) is 43.0 Å². The highest BCUT2D eigenvalue weighted by atomic mass is 16.6. The normalized spacial score (nSPS) is 20.9. The van der Waals surface area contributed by atoms with E-state index in [4.69, 9.17) is 9.47 Å². The Labute approximate surface area is 129 Å². The lowest BCUT2D eigenvalue weighted by molar-refractivity contribution is -0.169. The van der Waals surface area contributed by atoms with Gasteiger partial charge in [-0.25, -0.2) is 15.0 Å². The Morgan fingerprint density at radius 2 is 1.95 bits per heavy atom. The zero-order valence-electron chi connectivity index (χ0n) is 12.3. The summed E-state index contributed by atoms with van der Waals surface area (Å²) in [7, 11) is 0. The molecule has 0 spiro atoms. The molecule has 1 aromatic rings. The predicted octanol–water partition coefficient (Wildman–Crippen LogP) is 1.09. The third kappa shape index (κ3) is 3.72. The first-order valence-electron chi connectivity index (χ1n) is 7.18. The molecule has 6 nitrogen and oxygen atoms in total. The number of ether oxygens (including phenoxy) is 2. The van der Waals surface area contributed by atoms with E-state index in [1.165, 1.54) is 6.08 Å². The lowest BCUT2D eigenvalue weighted by Crippen LogP contribution is -2.66. The minimum absolute atomic E-state index is 0.0498. The van der Waals surface area contributed by atoms with E-state index in [9.17, 15) is 9.59 Å². The van der Waals surface area contributed by atoms with Gasteiger partial charge in [0.25, 0.3) is 0 Å². The van der Waals surface area contributed by atoms with Gasteiger partial charge in [0, 0.05) is 6.54 Å². The van der Waals surface area contributed by atoms with Crippen molar-refractivity contribution in [2.75, 3.05) is 13.2 Å². The Hall–Kier alpha value is -2.18. The maximum atomic E-state index is 12.4. The van der Waals surface area contributed by atoms with Gasteiger partial charge in [-0.15, -0.1) is 0 Å². The first-order chi connectivity index (χ1) is 10.7. The van der Waals surface area contributed by atoms with Crippen molar-refractivity contribution in [3.8, 4) is 0 Å². The maximum Gasteiger partial charge on any atom is 0.339 e. The molecule has 6 heteroatoms. The van der Waals surface area contributed by atoms with Crippen LogP contribution in [0, 0.1) is 0 Å². The molecule has 0 radical (unpaired) electrons. The smallest absolute Gasteiger partial charge is 0.339 e. The van der Waals surface area contributed by atoms with E-state index >= 15 is 0 Å². The van der Waals surface area contributed by atoms with Crippen LogP contribution in [0.1, 0.15) is 18.4 Å². The standard InChI is InChI=1S/C16H20N2O4/c1-2-11-21-14(19)16(9-6-10-17-18-16)15(20)22-12-13-7-4-3-5-8-13/h2-5,7-8,17-18H,1,6,9-12H2/t16-/m0/s1. The SMILES string of the molecule is C=CCOC(=O)[C@]1(C(=O)OCc2ccccc2)CCCNN1. The second-order valence-corrected chi connectivity index (χ2v) is 5.01. The number of hydrazine groups is 1. The fraction of sp³-hybridized carbons (Fsp3) is 0.375. The molecule has 1 saturated heterocycles. The van der Waals surface area contributed by atoms with Crippen LogP contribution < -0.4 is 10.9 Å². The molecule has 1 aliphatic rings.